The van der Waals surface area contributed by atoms with Gasteiger partial charge in [0.25, 0.3) is 0 Å². The van der Waals surface area contributed by atoms with E-state index < -0.39 is 11.1 Å². The molecule has 3 aromatic rings. The number of fused-ring (bicyclic) bond motifs is 1. The zero-order valence-electron chi connectivity index (χ0n) is 12.7. The van der Waals surface area contributed by atoms with Crippen LogP contribution in [0.2, 0.25) is 0 Å². The molecule has 1 aromatic heterocycles. The van der Waals surface area contributed by atoms with Gasteiger partial charge < -0.3 is 14.9 Å². The topological polar surface area (TPSA) is 68.0 Å². The minimum Gasteiger partial charge on any atom is -0.768 e. The molecule has 6 heteroatoms. The Balaban J connectivity index is 2.17. The molecule has 0 spiro atoms. The molecule has 0 aliphatic rings. The molecule has 0 radical (unpaired) electrons. The van der Waals surface area contributed by atoms with Crippen molar-refractivity contribution >= 4 is 22.0 Å². The summed E-state index contributed by atoms with van der Waals surface area (Å²) in [5.74, 6) is -0.299. The average molecular weight is 331 g/mol. The molecule has 0 aliphatic carbocycles. The highest BCUT2D eigenvalue weighted by Gasteiger charge is 2.13. The zero-order valence-corrected chi connectivity index (χ0v) is 13.5. The third-order valence-electron chi connectivity index (χ3n) is 4.04. The maximum Gasteiger partial charge on any atom is 0.125 e. The van der Waals surface area contributed by atoms with Crippen molar-refractivity contribution in [3.8, 4) is 11.1 Å². The Labute approximate surface area is 136 Å². The second-order valence-electron chi connectivity index (χ2n) is 5.39. The minimum atomic E-state index is -2.30. The van der Waals surface area contributed by atoms with E-state index in [1.807, 2.05) is 13.0 Å². The molecule has 23 heavy (non-hydrogen) atoms. The Bertz CT molecular complexity index is 891. The summed E-state index contributed by atoms with van der Waals surface area (Å²) in [4.78, 5) is 3.33. The first-order chi connectivity index (χ1) is 11.0. The molecule has 3 rings (SSSR count). The van der Waals surface area contributed by atoms with Gasteiger partial charge in [0.1, 0.15) is 5.82 Å². The summed E-state index contributed by atoms with van der Waals surface area (Å²) in [5, 5.41) is 3.96. The molecule has 0 amide bonds. The van der Waals surface area contributed by atoms with Crippen LogP contribution in [0.5, 0.6) is 0 Å². The van der Waals surface area contributed by atoms with E-state index >= 15 is 0 Å². The normalized spacial score (nSPS) is 14.1. The second kappa shape index (κ2) is 6.23. The third-order valence-corrected chi connectivity index (χ3v) is 4.77. The highest BCUT2D eigenvalue weighted by atomic mass is 32.2. The summed E-state index contributed by atoms with van der Waals surface area (Å²) in [6, 6.07) is 9.70. The highest BCUT2D eigenvalue weighted by Crippen LogP contribution is 2.32. The predicted molar refractivity (Wildman–Crippen MR) is 88.4 cm³/mol. The van der Waals surface area contributed by atoms with Crippen LogP contribution in [-0.4, -0.2) is 20.8 Å². The van der Waals surface area contributed by atoms with Gasteiger partial charge in [0, 0.05) is 33.6 Å². The molecule has 0 bridgehead atoms. The molecular weight excluding hydrogens is 315 g/mol. The van der Waals surface area contributed by atoms with Gasteiger partial charge in [-0.1, -0.05) is 6.07 Å². The molecule has 0 saturated heterocycles. The molecule has 1 heterocycles. The van der Waals surface area contributed by atoms with Gasteiger partial charge in [0.2, 0.25) is 0 Å². The van der Waals surface area contributed by atoms with Crippen molar-refractivity contribution in [2.45, 2.75) is 17.9 Å². The monoisotopic (exact) mass is 331 g/mol. The number of aromatic amines is 1. The number of nitrogens with one attached hydrogen (secondary N) is 2. The number of benzene rings is 2. The highest BCUT2D eigenvalue weighted by molar-refractivity contribution is 7.79. The van der Waals surface area contributed by atoms with E-state index in [0.29, 0.717) is 11.1 Å². The van der Waals surface area contributed by atoms with Crippen LogP contribution in [0.25, 0.3) is 22.0 Å². The van der Waals surface area contributed by atoms with E-state index in [4.69, 9.17) is 0 Å². The van der Waals surface area contributed by atoms with Crippen LogP contribution in [0.3, 0.4) is 0 Å². The smallest absolute Gasteiger partial charge is 0.125 e. The number of halogens is 1. The number of hydrogen-bond donors (Lipinski definition) is 2. The molecular formula is C17H16FN2O2S-. The summed E-state index contributed by atoms with van der Waals surface area (Å²) in [6.07, 6.45) is 1.81. The van der Waals surface area contributed by atoms with Crippen LogP contribution < -0.4 is 5.32 Å². The SMILES string of the molecule is CN[C@H](C)c1cc(-c2c[nH]c3cc(F)ccc23)ccc1S(=O)[O-]. The Morgan fingerprint density at radius 3 is 2.74 bits per heavy atom. The second-order valence-corrected chi connectivity index (χ2v) is 6.30. The van der Waals surface area contributed by atoms with Gasteiger partial charge in [-0.05, 0) is 66.5 Å². The van der Waals surface area contributed by atoms with Gasteiger partial charge in [-0.2, -0.15) is 0 Å². The largest absolute Gasteiger partial charge is 0.768 e. The Hall–Kier alpha value is -2.02. The lowest BCUT2D eigenvalue weighted by molar-refractivity contribution is 0.532. The number of hydrogen-bond acceptors (Lipinski definition) is 3. The van der Waals surface area contributed by atoms with Crippen molar-refractivity contribution in [3.05, 3.63) is 54.0 Å². The van der Waals surface area contributed by atoms with E-state index in [9.17, 15) is 13.2 Å². The molecule has 2 aromatic carbocycles. The Morgan fingerprint density at radius 1 is 1.26 bits per heavy atom. The van der Waals surface area contributed by atoms with Crippen LogP contribution in [0.15, 0.2) is 47.5 Å². The van der Waals surface area contributed by atoms with E-state index in [2.05, 4.69) is 10.3 Å². The molecule has 0 fully saturated rings. The van der Waals surface area contributed by atoms with Gasteiger partial charge in [-0.15, -0.1) is 0 Å². The first kappa shape index (κ1) is 15.9. The molecule has 120 valence electrons. The molecule has 0 saturated carbocycles. The van der Waals surface area contributed by atoms with Gasteiger partial charge >= 0.3 is 0 Å². The quantitative estimate of drug-likeness (QED) is 0.719. The lowest BCUT2D eigenvalue weighted by Gasteiger charge is -2.18. The summed E-state index contributed by atoms with van der Waals surface area (Å²) >= 11 is -2.30. The first-order valence-corrected chi connectivity index (χ1v) is 8.26. The standard InChI is InChI=1S/C17H17FN2O2S/c1-10(19-2)14-7-11(3-6-17(14)23(21)22)15-9-20-16-8-12(18)4-5-13(15)16/h3-10,19-20H,1-2H3,(H,21,22)/p-1/t10-/m1/s1. The van der Waals surface area contributed by atoms with E-state index in [1.165, 1.54) is 12.1 Å². The summed E-state index contributed by atoms with van der Waals surface area (Å²) < 4.78 is 36.1. The predicted octanol–water partition coefficient (Wildman–Crippen LogP) is 3.49. The summed E-state index contributed by atoms with van der Waals surface area (Å²) in [7, 11) is 1.78. The summed E-state index contributed by atoms with van der Waals surface area (Å²) in [6.45, 7) is 1.90. The van der Waals surface area contributed by atoms with Gasteiger partial charge in [-0.3, -0.25) is 4.21 Å². The molecule has 2 N–H and O–H groups in total. The fourth-order valence-corrected chi connectivity index (χ4v) is 3.31. The molecule has 1 unspecified atom stereocenters. The van der Waals surface area contributed by atoms with Gasteiger partial charge in [0.15, 0.2) is 0 Å². The number of H-pyrrole nitrogens is 1. The lowest BCUT2D eigenvalue weighted by atomic mass is 9.99. The molecule has 2 atom stereocenters. The summed E-state index contributed by atoms with van der Waals surface area (Å²) in [5.41, 5.74) is 3.21. The van der Waals surface area contributed by atoms with Crippen molar-refractivity contribution in [3.63, 3.8) is 0 Å². The van der Waals surface area contributed by atoms with E-state index in [1.54, 1.807) is 31.4 Å². The maximum absolute atomic E-state index is 13.3. The van der Waals surface area contributed by atoms with Crippen molar-refractivity contribution < 1.29 is 13.2 Å². The Morgan fingerprint density at radius 2 is 2.04 bits per heavy atom. The van der Waals surface area contributed by atoms with E-state index in [-0.39, 0.29) is 16.8 Å². The Kier molecular flexibility index (Phi) is 4.30. The minimum absolute atomic E-state index is 0.106. The van der Waals surface area contributed by atoms with Crippen molar-refractivity contribution in [2.24, 2.45) is 0 Å². The van der Waals surface area contributed by atoms with Crippen molar-refractivity contribution in [1.29, 1.82) is 0 Å². The van der Waals surface area contributed by atoms with Crippen molar-refractivity contribution in [2.75, 3.05) is 7.05 Å². The van der Waals surface area contributed by atoms with Gasteiger partial charge in [0.05, 0.1) is 0 Å². The average Bonchev–Trinajstić information content (AvgIpc) is 2.96. The fraction of sp³-hybridized carbons (Fsp3) is 0.176. The van der Waals surface area contributed by atoms with Crippen LogP contribution in [-0.2, 0) is 11.1 Å². The fourth-order valence-electron chi connectivity index (χ4n) is 2.70. The van der Waals surface area contributed by atoms with Gasteiger partial charge in [-0.25, -0.2) is 4.39 Å². The van der Waals surface area contributed by atoms with Crippen LogP contribution in [0, 0.1) is 5.82 Å². The first-order valence-electron chi connectivity index (χ1n) is 7.18. The molecule has 4 nitrogen and oxygen atoms in total. The van der Waals surface area contributed by atoms with Crippen LogP contribution in [0.1, 0.15) is 18.5 Å². The van der Waals surface area contributed by atoms with Crippen LogP contribution in [0.4, 0.5) is 4.39 Å². The lowest BCUT2D eigenvalue weighted by Crippen LogP contribution is -2.14. The van der Waals surface area contributed by atoms with Crippen LogP contribution >= 0.6 is 0 Å². The molecule has 0 aliphatic heterocycles. The van der Waals surface area contributed by atoms with E-state index in [0.717, 1.165) is 16.5 Å². The third kappa shape index (κ3) is 2.93. The number of rotatable bonds is 4. The maximum atomic E-state index is 13.3. The zero-order chi connectivity index (χ0) is 16.6. The van der Waals surface area contributed by atoms with Crippen molar-refractivity contribution in [1.82, 2.24) is 10.3 Å². The number of aromatic nitrogens is 1.